The minimum atomic E-state index is -0.673. The van der Waals surface area contributed by atoms with E-state index in [9.17, 15) is 14.7 Å². The van der Waals surface area contributed by atoms with Crippen LogP contribution in [0.25, 0.3) is 0 Å². The van der Waals surface area contributed by atoms with Gasteiger partial charge in [-0.25, -0.2) is 9.79 Å². The molecule has 0 aromatic heterocycles. The Bertz CT molecular complexity index is 750. The lowest BCUT2D eigenvalue weighted by Gasteiger charge is -2.36. The number of halogens is 2. The summed E-state index contributed by atoms with van der Waals surface area (Å²) in [6.07, 6.45) is -1.26. The number of benzene rings is 1. The van der Waals surface area contributed by atoms with E-state index in [1.807, 2.05) is 29.2 Å². The Hall–Kier alpha value is -1.29. The van der Waals surface area contributed by atoms with E-state index in [0.717, 1.165) is 10.0 Å². The van der Waals surface area contributed by atoms with E-state index in [1.54, 1.807) is 7.05 Å². The molecular formula is C16H18BrClN4O3S. The molecule has 1 saturated heterocycles. The molecule has 140 valence electrons. The number of amidine groups is 1. The van der Waals surface area contributed by atoms with Crippen LogP contribution in [-0.4, -0.2) is 69.0 Å². The SMILES string of the molecule is CN1C(=O)NC(=O)C2C1N=C(SCC(O)CCl)N2Cc1cccc(Br)c1. The number of amides is 3. The van der Waals surface area contributed by atoms with Crippen molar-refractivity contribution < 1.29 is 14.7 Å². The Morgan fingerprint density at radius 1 is 1.46 bits per heavy atom. The highest BCUT2D eigenvalue weighted by atomic mass is 79.9. The molecule has 1 aromatic carbocycles. The lowest BCUT2D eigenvalue weighted by atomic mass is 10.1. The first-order valence-corrected chi connectivity index (χ1v) is 10.3. The van der Waals surface area contributed by atoms with Gasteiger partial charge in [0.15, 0.2) is 17.4 Å². The summed E-state index contributed by atoms with van der Waals surface area (Å²) >= 11 is 10.5. The van der Waals surface area contributed by atoms with Gasteiger partial charge in [-0.1, -0.05) is 39.8 Å². The summed E-state index contributed by atoms with van der Waals surface area (Å²) in [6.45, 7) is 0.457. The Labute approximate surface area is 168 Å². The Balaban J connectivity index is 1.87. The second kappa shape index (κ2) is 8.16. The standard InChI is InChI=1S/C16H18BrClN4O3S/c1-21-13-12(14(24)20-15(21)25)22(7-9-3-2-4-10(17)5-9)16(19-13)26-8-11(23)6-18/h2-5,11-13,23H,6-8H2,1H3,(H,20,24,25). The van der Waals surface area contributed by atoms with E-state index in [2.05, 4.69) is 26.2 Å². The number of thioether (sulfide) groups is 1. The van der Waals surface area contributed by atoms with Gasteiger partial charge in [0.1, 0.15) is 0 Å². The number of hydrogen-bond donors (Lipinski definition) is 2. The highest BCUT2D eigenvalue weighted by molar-refractivity contribution is 9.10. The summed E-state index contributed by atoms with van der Waals surface area (Å²) in [5, 5.41) is 12.7. The molecule has 10 heteroatoms. The first-order valence-electron chi connectivity index (χ1n) is 7.94. The molecule has 0 radical (unpaired) electrons. The zero-order chi connectivity index (χ0) is 18.8. The highest BCUT2D eigenvalue weighted by Crippen LogP contribution is 2.30. The van der Waals surface area contributed by atoms with Crippen LogP contribution in [0.3, 0.4) is 0 Å². The second-order valence-electron chi connectivity index (χ2n) is 6.05. The lowest BCUT2D eigenvalue weighted by molar-refractivity contribution is -0.127. The molecule has 2 aliphatic heterocycles. The average molecular weight is 462 g/mol. The number of rotatable bonds is 5. The number of nitrogens with one attached hydrogen (secondary N) is 1. The van der Waals surface area contributed by atoms with Crippen molar-refractivity contribution in [1.82, 2.24) is 15.1 Å². The predicted molar refractivity (Wildman–Crippen MR) is 105 cm³/mol. The fraction of sp³-hybridized carbons (Fsp3) is 0.438. The Kier molecular flexibility index (Phi) is 6.11. The van der Waals surface area contributed by atoms with Crippen LogP contribution in [0.1, 0.15) is 5.56 Å². The number of urea groups is 1. The van der Waals surface area contributed by atoms with Gasteiger partial charge in [0, 0.05) is 29.7 Å². The number of nitrogens with zero attached hydrogens (tertiary/aromatic N) is 3. The van der Waals surface area contributed by atoms with Gasteiger partial charge >= 0.3 is 6.03 Å². The Morgan fingerprint density at radius 3 is 2.92 bits per heavy atom. The minimum absolute atomic E-state index is 0.123. The first-order chi connectivity index (χ1) is 12.4. The van der Waals surface area contributed by atoms with E-state index >= 15 is 0 Å². The third-order valence-corrected chi connectivity index (χ3v) is 6.15. The van der Waals surface area contributed by atoms with Crippen LogP contribution >= 0.6 is 39.3 Å². The van der Waals surface area contributed by atoms with Gasteiger partial charge in [-0.05, 0) is 17.7 Å². The smallest absolute Gasteiger partial charge is 0.325 e. The lowest BCUT2D eigenvalue weighted by Crippen LogP contribution is -2.63. The maximum atomic E-state index is 12.5. The molecule has 26 heavy (non-hydrogen) atoms. The van der Waals surface area contributed by atoms with Gasteiger partial charge in [0.2, 0.25) is 0 Å². The van der Waals surface area contributed by atoms with E-state index in [1.165, 1.54) is 16.7 Å². The van der Waals surface area contributed by atoms with Crippen LogP contribution in [0.15, 0.2) is 33.7 Å². The number of aliphatic imine (C=N–C) groups is 1. The van der Waals surface area contributed by atoms with E-state index in [4.69, 9.17) is 11.6 Å². The molecule has 3 unspecified atom stereocenters. The molecule has 1 fully saturated rings. The van der Waals surface area contributed by atoms with Crippen LogP contribution in [0.5, 0.6) is 0 Å². The molecule has 2 heterocycles. The average Bonchev–Trinajstić information content (AvgIpc) is 2.96. The molecular weight excluding hydrogens is 444 g/mol. The molecule has 0 spiro atoms. The summed E-state index contributed by atoms with van der Waals surface area (Å²) < 4.78 is 0.940. The molecule has 3 rings (SSSR count). The molecule has 3 atom stereocenters. The zero-order valence-corrected chi connectivity index (χ0v) is 17.1. The largest absolute Gasteiger partial charge is 0.391 e. The van der Waals surface area contributed by atoms with Crippen molar-refractivity contribution in [3.05, 3.63) is 34.3 Å². The van der Waals surface area contributed by atoms with Crippen molar-refractivity contribution >= 4 is 56.4 Å². The van der Waals surface area contributed by atoms with Crippen LogP contribution in [0.4, 0.5) is 4.79 Å². The third-order valence-electron chi connectivity index (χ3n) is 4.15. The van der Waals surface area contributed by atoms with Gasteiger partial charge in [0.05, 0.1) is 6.10 Å². The van der Waals surface area contributed by atoms with Crippen molar-refractivity contribution in [2.24, 2.45) is 4.99 Å². The van der Waals surface area contributed by atoms with Crippen molar-refractivity contribution in [3.8, 4) is 0 Å². The van der Waals surface area contributed by atoms with Crippen LogP contribution in [0.2, 0.25) is 0 Å². The van der Waals surface area contributed by atoms with Gasteiger partial charge in [-0.3, -0.25) is 10.1 Å². The van der Waals surface area contributed by atoms with E-state index in [-0.39, 0.29) is 11.8 Å². The summed E-state index contributed by atoms with van der Waals surface area (Å²) in [5.74, 6) is 0.110. The second-order valence-corrected chi connectivity index (χ2v) is 8.26. The van der Waals surface area contributed by atoms with Crippen LogP contribution < -0.4 is 5.32 Å². The van der Waals surface area contributed by atoms with E-state index < -0.39 is 24.3 Å². The van der Waals surface area contributed by atoms with Gasteiger partial charge in [-0.15, -0.1) is 11.6 Å². The summed E-state index contributed by atoms with van der Waals surface area (Å²) in [7, 11) is 1.61. The molecule has 0 saturated carbocycles. The van der Waals surface area contributed by atoms with Crippen molar-refractivity contribution in [1.29, 1.82) is 0 Å². The highest BCUT2D eigenvalue weighted by Gasteiger charge is 2.48. The maximum Gasteiger partial charge on any atom is 0.325 e. The number of aliphatic hydroxyl groups excluding tert-OH is 1. The number of likely N-dealkylation sites (N-methyl/N-ethyl adjacent to an activating group) is 1. The monoisotopic (exact) mass is 460 g/mol. The van der Waals surface area contributed by atoms with Gasteiger partial charge in [0.25, 0.3) is 5.91 Å². The number of fused-ring (bicyclic) bond motifs is 1. The number of hydrogen-bond acceptors (Lipinski definition) is 6. The van der Waals surface area contributed by atoms with E-state index in [0.29, 0.717) is 17.5 Å². The first kappa shape index (κ1) is 19.5. The fourth-order valence-electron chi connectivity index (χ4n) is 2.83. The third kappa shape index (κ3) is 4.00. The summed E-state index contributed by atoms with van der Waals surface area (Å²) in [6, 6.07) is 6.71. The normalized spacial score (nSPS) is 23.6. The maximum absolute atomic E-state index is 12.5. The summed E-state index contributed by atoms with van der Waals surface area (Å²) in [5.41, 5.74) is 0.999. The molecule has 7 nitrogen and oxygen atoms in total. The number of alkyl halides is 1. The van der Waals surface area contributed by atoms with Crippen molar-refractivity contribution in [2.45, 2.75) is 24.9 Å². The number of aliphatic hydroxyl groups is 1. The fourth-order valence-corrected chi connectivity index (χ4v) is 4.51. The molecule has 0 aliphatic carbocycles. The van der Waals surface area contributed by atoms with Crippen molar-refractivity contribution in [3.63, 3.8) is 0 Å². The molecule has 2 aliphatic rings. The number of carbonyl (C=O) groups excluding carboxylic acids is 2. The molecule has 2 N–H and O–H groups in total. The zero-order valence-electron chi connectivity index (χ0n) is 13.9. The number of imide groups is 1. The van der Waals surface area contributed by atoms with Crippen molar-refractivity contribution in [2.75, 3.05) is 18.7 Å². The van der Waals surface area contributed by atoms with Crippen LogP contribution in [0, 0.1) is 0 Å². The minimum Gasteiger partial charge on any atom is -0.391 e. The quantitative estimate of drug-likeness (QED) is 0.654. The Morgan fingerprint density at radius 2 is 2.23 bits per heavy atom. The molecule has 0 bridgehead atoms. The molecule has 1 aromatic rings. The van der Waals surface area contributed by atoms with Gasteiger partial charge < -0.3 is 14.9 Å². The predicted octanol–water partition coefficient (Wildman–Crippen LogP) is 1.83. The van der Waals surface area contributed by atoms with Gasteiger partial charge in [-0.2, -0.15) is 0 Å². The number of carbonyl (C=O) groups is 2. The van der Waals surface area contributed by atoms with Crippen LogP contribution in [-0.2, 0) is 11.3 Å². The summed E-state index contributed by atoms with van der Waals surface area (Å²) in [4.78, 5) is 32.3. The topological polar surface area (TPSA) is 85.2 Å². The molecule has 3 amide bonds.